The molecule has 0 bridgehead atoms. The van der Waals surface area contributed by atoms with Crippen LogP contribution in [-0.2, 0) is 9.47 Å². The molecule has 1 saturated heterocycles. The molecule has 2 heteroatoms. The molecule has 0 spiro atoms. The minimum atomic E-state index is 0.369. The van der Waals surface area contributed by atoms with Gasteiger partial charge in [0.2, 0.25) is 0 Å². The summed E-state index contributed by atoms with van der Waals surface area (Å²) in [4.78, 5) is 0. The highest BCUT2D eigenvalue weighted by Gasteiger charge is 2.23. The summed E-state index contributed by atoms with van der Waals surface area (Å²) in [7, 11) is 1.77. The van der Waals surface area contributed by atoms with Crippen LogP contribution in [0.2, 0.25) is 0 Å². The minimum Gasteiger partial charge on any atom is -0.381 e. The summed E-state index contributed by atoms with van der Waals surface area (Å²) >= 11 is 0. The highest BCUT2D eigenvalue weighted by molar-refractivity contribution is 4.72. The van der Waals surface area contributed by atoms with Gasteiger partial charge in [0.25, 0.3) is 0 Å². The van der Waals surface area contributed by atoms with E-state index in [-0.39, 0.29) is 0 Å². The van der Waals surface area contributed by atoms with Crippen molar-refractivity contribution in [3.63, 3.8) is 0 Å². The van der Waals surface area contributed by atoms with Crippen LogP contribution >= 0.6 is 0 Å². The van der Waals surface area contributed by atoms with E-state index >= 15 is 0 Å². The van der Waals surface area contributed by atoms with Gasteiger partial charge in [-0.1, -0.05) is 0 Å². The van der Waals surface area contributed by atoms with E-state index in [1.807, 2.05) is 0 Å². The van der Waals surface area contributed by atoms with Crippen LogP contribution < -0.4 is 0 Å². The zero-order valence-corrected chi connectivity index (χ0v) is 6.96. The lowest BCUT2D eigenvalue weighted by molar-refractivity contribution is -0.0907. The van der Waals surface area contributed by atoms with Crippen LogP contribution in [-0.4, -0.2) is 25.4 Å². The Balaban J connectivity index is 2.35. The number of rotatable bonds is 1. The second-order valence-corrected chi connectivity index (χ2v) is 3.09. The van der Waals surface area contributed by atoms with Crippen molar-refractivity contribution in [1.82, 2.24) is 0 Å². The Kier molecular flexibility index (Phi) is 2.69. The van der Waals surface area contributed by atoms with Crippen molar-refractivity contribution in [2.45, 2.75) is 45.0 Å². The molecule has 1 fully saturated rings. The summed E-state index contributed by atoms with van der Waals surface area (Å²) in [6.45, 7) is 4.20. The molecule has 1 rings (SSSR count). The molecule has 0 saturated carbocycles. The van der Waals surface area contributed by atoms with Gasteiger partial charge in [0.1, 0.15) is 0 Å². The molecule has 0 aromatic heterocycles. The monoisotopic (exact) mass is 144 g/mol. The number of ether oxygens (including phenoxy) is 2. The molecule has 0 radical (unpaired) electrons. The van der Waals surface area contributed by atoms with Crippen LogP contribution in [0.25, 0.3) is 0 Å². The van der Waals surface area contributed by atoms with Gasteiger partial charge in [-0.15, -0.1) is 0 Å². The van der Waals surface area contributed by atoms with E-state index in [0.717, 1.165) is 12.8 Å². The second-order valence-electron chi connectivity index (χ2n) is 3.09. The highest BCUT2D eigenvalue weighted by atomic mass is 16.5. The molecule has 2 atom stereocenters. The molecule has 60 valence electrons. The quantitative estimate of drug-likeness (QED) is 0.556. The zero-order valence-electron chi connectivity index (χ0n) is 6.96. The summed E-state index contributed by atoms with van der Waals surface area (Å²) in [5.74, 6) is 0. The van der Waals surface area contributed by atoms with Gasteiger partial charge in [-0.25, -0.2) is 0 Å². The number of hydrogen-bond acceptors (Lipinski definition) is 2. The van der Waals surface area contributed by atoms with Crippen LogP contribution in [0.15, 0.2) is 0 Å². The topological polar surface area (TPSA) is 18.5 Å². The van der Waals surface area contributed by atoms with Gasteiger partial charge < -0.3 is 9.47 Å². The molecule has 2 unspecified atom stereocenters. The predicted molar refractivity (Wildman–Crippen MR) is 40.0 cm³/mol. The van der Waals surface area contributed by atoms with Gasteiger partial charge in [-0.3, -0.25) is 0 Å². The SMILES string of the molecule is COC1CC(C)OC(C)C1. The molecular formula is C8H16O2. The van der Waals surface area contributed by atoms with E-state index in [4.69, 9.17) is 9.47 Å². The third-order valence-corrected chi connectivity index (χ3v) is 1.99. The summed E-state index contributed by atoms with van der Waals surface area (Å²) in [6, 6.07) is 0. The van der Waals surface area contributed by atoms with Crippen molar-refractivity contribution in [3.8, 4) is 0 Å². The highest BCUT2D eigenvalue weighted by Crippen LogP contribution is 2.20. The Morgan fingerprint density at radius 2 is 1.70 bits per heavy atom. The van der Waals surface area contributed by atoms with E-state index in [1.54, 1.807) is 7.11 Å². The number of methoxy groups -OCH3 is 1. The van der Waals surface area contributed by atoms with Crippen molar-refractivity contribution in [3.05, 3.63) is 0 Å². The maximum absolute atomic E-state index is 5.54. The third kappa shape index (κ3) is 1.96. The molecule has 0 amide bonds. The van der Waals surface area contributed by atoms with E-state index in [0.29, 0.717) is 18.3 Å². The van der Waals surface area contributed by atoms with Crippen molar-refractivity contribution in [1.29, 1.82) is 0 Å². The first kappa shape index (κ1) is 8.02. The molecule has 10 heavy (non-hydrogen) atoms. The normalized spacial score (nSPS) is 41.7. The van der Waals surface area contributed by atoms with Crippen molar-refractivity contribution < 1.29 is 9.47 Å². The van der Waals surface area contributed by atoms with Gasteiger partial charge in [-0.2, -0.15) is 0 Å². The van der Waals surface area contributed by atoms with Gasteiger partial charge >= 0.3 is 0 Å². The lowest BCUT2D eigenvalue weighted by Crippen LogP contribution is -2.33. The lowest BCUT2D eigenvalue weighted by atomic mass is 10.0. The average molecular weight is 144 g/mol. The first-order valence-electron chi connectivity index (χ1n) is 3.90. The van der Waals surface area contributed by atoms with Crippen molar-refractivity contribution >= 4 is 0 Å². The molecule has 0 aliphatic carbocycles. The maximum Gasteiger partial charge on any atom is 0.0620 e. The molecule has 0 N–H and O–H groups in total. The third-order valence-electron chi connectivity index (χ3n) is 1.99. The summed E-state index contributed by atoms with van der Waals surface area (Å²) in [5.41, 5.74) is 0. The van der Waals surface area contributed by atoms with Gasteiger partial charge in [0, 0.05) is 7.11 Å². The van der Waals surface area contributed by atoms with Crippen LogP contribution in [0.5, 0.6) is 0 Å². The Labute approximate surface area is 62.5 Å². The van der Waals surface area contributed by atoms with E-state index in [1.165, 1.54) is 0 Å². The van der Waals surface area contributed by atoms with Crippen molar-refractivity contribution in [2.24, 2.45) is 0 Å². The lowest BCUT2D eigenvalue weighted by Gasteiger charge is -2.30. The van der Waals surface area contributed by atoms with E-state index in [9.17, 15) is 0 Å². The fourth-order valence-electron chi connectivity index (χ4n) is 1.54. The standard InChI is InChI=1S/C8H16O2/c1-6-4-8(9-3)5-7(2)10-6/h6-8H,4-5H2,1-3H3. The van der Waals surface area contributed by atoms with Gasteiger partial charge in [0.15, 0.2) is 0 Å². The largest absolute Gasteiger partial charge is 0.381 e. The molecule has 1 aliphatic heterocycles. The van der Waals surface area contributed by atoms with Crippen LogP contribution in [0.3, 0.4) is 0 Å². The Morgan fingerprint density at radius 3 is 2.10 bits per heavy atom. The molecular weight excluding hydrogens is 128 g/mol. The minimum absolute atomic E-state index is 0.369. The Bertz CT molecular complexity index is 93.4. The first-order chi connectivity index (χ1) is 4.72. The summed E-state index contributed by atoms with van der Waals surface area (Å²) in [6.07, 6.45) is 3.24. The van der Waals surface area contributed by atoms with E-state index in [2.05, 4.69) is 13.8 Å². The molecule has 1 aliphatic rings. The van der Waals surface area contributed by atoms with E-state index < -0.39 is 0 Å². The predicted octanol–water partition coefficient (Wildman–Crippen LogP) is 1.59. The fourth-order valence-corrected chi connectivity index (χ4v) is 1.54. The average Bonchev–Trinajstić information content (AvgIpc) is 1.85. The van der Waals surface area contributed by atoms with Gasteiger partial charge in [-0.05, 0) is 26.7 Å². The van der Waals surface area contributed by atoms with Crippen LogP contribution in [0.4, 0.5) is 0 Å². The molecule has 0 aromatic rings. The zero-order chi connectivity index (χ0) is 7.56. The Hall–Kier alpha value is -0.0800. The van der Waals surface area contributed by atoms with Crippen molar-refractivity contribution in [2.75, 3.05) is 7.11 Å². The second kappa shape index (κ2) is 3.35. The molecule has 2 nitrogen and oxygen atoms in total. The maximum atomic E-state index is 5.54. The smallest absolute Gasteiger partial charge is 0.0620 e. The summed E-state index contributed by atoms with van der Waals surface area (Å²) < 4.78 is 10.8. The number of hydrogen-bond donors (Lipinski definition) is 0. The molecule has 1 heterocycles. The Morgan fingerprint density at radius 1 is 1.20 bits per heavy atom. The summed E-state index contributed by atoms with van der Waals surface area (Å²) in [5, 5.41) is 0. The fraction of sp³-hybridized carbons (Fsp3) is 1.00. The van der Waals surface area contributed by atoms with Gasteiger partial charge in [0.05, 0.1) is 18.3 Å². The first-order valence-corrected chi connectivity index (χ1v) is 3.90. The van der Waals surface area contributed by atoms with Crippen LogP contribution in [0.1, 0.15) is 26.7 Å². The molecule has 0 aromatic carbocycles. The van der Waals surface area contributed by atoms with Crippen LogP contribution in [0, 0.1) is 0 Å².